The second-order valence-corrected chi connectivity index (χ2v) is 12.4. The molecule has 9 heteroatoms. The van der Waals surface area contributed by atoms with E-state index in [0.717, 1.165) is 23.2 Å². The van der Waals surface area contributed by atoms with Gasteiger partial charge in [0, 0.05) is 38.0 Å². The molecule has 8 nitrogen and oxygen atoms in total. The SMILES string of the molecule is Cc1ncsc1-c1ccc(CNC(=O)[C@@H]2CCCN2C(=O)[C@@H](N2C=C(C3CC3)NN2C)C(C)(C)C)cc1. The molecule has 198 valence electrons. The molecule has 2 amide bonds. The molecule has 0 spiro atoms. The van der Waals surface area contributed by atoms with Crippen LogP contribution < -0.4 is 10.7 Å². The molecule has 0 radical (unpaired) electrons. The maximum atomic E-state index is 14.0. The van der Waals surface area contributed by atoms with Gasteiger partial charge in [-0.05, 0) is 49.1 Å². The molecule has 1 aromatic carbocycles. The zero-order valence-electron chi connectivity index (χ0n) is 22.5. The summed E-state index contributed by atoms with van der Waals surface area (Å²) in [5.41, 5.74) is 9.34. The number of nitrogens with zero attached hydrogens (tertiary/aromatic N) is 4. The van der Waals surface area contributed by atoms with E-state index in [1.165, 1.54) is 23.4 Å². The molecule has 37 heavy (non-hydrogen) atoms. The first-order valence-electron chi connectivity index (χ1n) is 13.2. The summed E-state index contributed by atoms with van der Waals surface area (Å²) >= 11 is 1.63. The van der Waals surface area contributed by atoms with Crippen molar-refractivity contribution in [3.8, 4) is 10.4 Å². The van der Waals surface area contributed by atoms with Gasteiger partial charge in [-0.25, -0.2) is 4.98 Å². The van der Waals surface area contributed by atoms with E-state index in [1.807, 2.05) is 41.7 Å². The van der Waals surface area contributed by atoms with Gasteiger partial charge < -0.3 is 15.6 Å². The normalized spacial score (nSPS) is 21.1. The minimum absolute atomic E-state index is 0.0105. The van der Waals surface area contributed by atoms with E-state index in [-0.39, 0.29) is 17.2 Å². The van der Waals surface area contributed by atoms with Crippen LogP contribution in [0.5, 0.6) is 0 Å². The zero-order valence-corrected chi connectivity index (χ0v) is 23.3. The molecule has 0 bridgehead atoms. The number of benzene rings is 1. The summed E-state index contributed by atoms with van der Waals surface area (Å²) in [6.07, 6.45) is 6.00. The van der Waals surface area contributed by atoms with Crippen LogP contribution in [0.2, 0.25) is 0 Å². The van der Waals surface area contributed by atoms with Crippen molar-refractivity contribution < 1.29 is 9.59 Å². The average Bonchev–Trinajstić information content (AvgIpc) is 3.23. The molecule has 2 fully saturated rings. The maximum absolute atomic E-state index is 14.0. The lowest BCUT2D eigenvalue weighted by Gasteiger charge is -2.42. The van der Waals surface area contributed by atoms with Crippen LogP contribution in [0, 0.1) is 18.3 Å². The Hall–Kier alpha value is -2.91. The Morgan fingerprint density at radius 2 is 1.92 bits per heavy atom. The lowest BCUT2D eigenvalue weighted by Crippen LogP contribution is -2.59. The molecule has 2 aliphatic heterocycles. The third-order valence-corrected chi connectivity index (χ3v) is 8.49. The number of aryl methyl sites for hydroxylation is 1. The molecule has 3 heterocycles. The summed E-state index contributed by atoms with van der Waals surface area (Å²) in [7, 11) is 1.95. The predicted molar refractivity (Wildman–Crippen MR) is 146 cm³/mol. The summed E-state index contributed by atoms with van der Waals surface area (Å²) in [5, 5.41) is 7.03. The van der Waals surface area contributed by atoms with E-state index in [0.29, 0.717) is 25.4 Å². The van der Waals surface area contributed by atoms with Gasteiger partial charge in [-0.3, -0.25) is 14.6 Å². The molecule has 1 saturated carbocycles. The van der Waals surface area contributed by atoms with Crippen molar-refractivity contribution in [2.45, 2.75) is 72.0 Å². The van der Waals surface area contributed by atoms with Crippen LogP contribution in [0.25, 0.3) is 10.4 Å². The Morgan fingerprint density at radius 1 is 1.19 bits per heavy atom. The van der Waals surface area contributed by atoms with Crippen molar-refractivity contribution >= 4 is 23.2 Å². The van der Waals surface area contributed by atoms with Gasteiger partial charge in [-0.2, -0.15) is 0 Å². The predicted octanol–water partition coefficient (Wildman–Crippen LogP) is 4.06. The van der Waals surface area contributed by atoms with E-state index in [2.05, 4.69) is 54.8 Å². The summed E-state index contributed by atoms with van der Waals surface area (Å²) < 4.78 is 0. The lowest BCUT2D eigenvalue weighted by atomic mass is 9.85. The van der Waals surface area contributed by atoms with Gasteiger partial charge >= 0.3 is 0 Å². The number of amides is 2. The van der Waals surface area contributed by atoms with Crippen LogP contribution in [0.15, 0.2) is 41.7 Å². The maximum Gasteiger partial charge on any atom is 0.248 e. The van der Waals surface area contributed by atoms with E-state index in [4.69, 9.17) is 0 Å². The van der Waals surface area contributed by atoms with E-state index in [9.17, 15) is 9.59 Å². The average molecular weight is 523 g/mol. The Balaban J connectivity index is 1.25. The molecule has 2 N–H and O–H groups in total. The first kappa shape index (κ1) is 25.7. The summed E-state index contributed by atoms with van der Waals surface area (Å²) in [6.45, 7) is 9.34. The van der Waals surface area contributed by atoms with E-state index < -0.39 is 12.1 Å². The molecule has 1 aliphatic carbocycles. The Morgan fingerprint density at radius 3 is 2.54 bits per heavy atom. The summed E-state index contributed by atoms with van der Waals surface area (Å²) in [6, 6.07) is 7.39. The quantitative estimate of drug-likeness (QED) is 0.571. The first-order chi connectivity index (χ1) is 17.6. The van der Waals surface area contributed by atoms with Gasteiger partial charge in [-0.15, -0.1) is 16.5 Å². The third-order valence-electron chi connectivity index (χ3n) is 7.51. The van der Waals surface area contributed by atoms with Gasteiger partial charge in [0.2, 0.25) is 11.8 Å². The third kappa shape index (κ3) is 5.38. The molecule has 1 saturated heterocycles. The van der Waals surface area contributed by atoms with Crippen molar-refractivity contribution in [2.75, 3.05) is 13.6 Å². The fraction of sp³-hybridized carbons (Fsp3) is 0.536. The molecule has 2 aromatic rings. The number of nitrogens with one attached hydrogen (secondary N) is 2. The lowest BCUT2D eigenvalue weighted by molar-refractivity contribution is -0.152. The highest BCUT2D eigenvalue weighted by atomic mass is 32.1. The molecular formula is C28H38N6O2S. The highest BCUT2D eigenvalue weighted by molar-refractivity contribution is 7.13. The van der Waals surface area contributed by atoms with Crippen molar-refractivity contribution in [3.05, 3.63) is 52.9 Å². The second kappa shape index (κ2) is 10.1. The molecule has 0 unspecified atom stereocenters. The molecular weight excluding hydrogens is 484 g/mol. The smallest absolute Gasteiger partial charge is 0.248 e. The molecule has 2 atom stereocenters. The van der Waals surface area contributed by atoms with Gasteiger partial charge in [0.05, 0.1) is 16.1 Å². The fourth-order valence-electron chi connectivity index (χ4n) is 5.34. The fourth-order valence-corrected chi connectivity index (χ4v) is 6.15. The number of likely N-dealkylation sites (tertiary alicyclic amines) is 1. The van der Waals surface area contributed by atoms with E-state index in [1.54, 1.807) is 16.2 Å². The largest absolute Gasteiger partial charge is 0.350 e. The van der Waals surface area contributed by atoms with Crippen molar-refractivity contribution in [3.63, 3.8) is 0 Å². The highest BCUT2D eigenvalue weighted by Crippen LogP contribution is 2.39. The minimum atomic E-state index is -0.441. The van der Waals surface area contributed by atoms with Crippen molar-refractivity contribution in [1.82, 2.24) is 30.8 Å². The number of thiazole rings is 1. The van der Waals surface area contributed by atoms with Crippen LogP contribution in [0.1, 0.15) is 57.7 Å². The van der Waals surface area contributed by atoms with Crippen LogP contribution in [-0.4, -0.2) is 57.5 Å². The van der Waals surface area contributed by atoms with Crippen LogP contribution in [-0.2, 0) is 16.1 Å². The number of aromatic nitrogens is 1. The molecule has 1 aromatic heterocycles. The highest BCUT2D eigenvalue weighted by Gasteiger charge is 2.46. The topological polar surface area (TPSA) is 80.8 Å². The van der Waals surface area contributed by atoms with Gasteiger partial charge in [0.25, 0.3) is 0 Å². The standard InChI is InChI=1S/C28H38N6O2S/c1-18-24(37-17-30-18)21-10-8-19(9-11-21)15-29-26(35)23-7-6-14-33(23)27(36)25(28(2,3)4)34-16-22(20-12-13-20)31-32(34)5/h8-11,16-17,20,23,25,31H,6-7,12-15H2,1-5H3,(H,29,35)/t23-,25+/m0/s1. The van der Waals surface area contributed by atoms with Crippen molar-refractivity contribution in [2.24, 2.45) is 11.3 Å². The zero-order chi connectivity index (χ0) is 26.3. The Kier molecular flexibility index (Phi) is 7.02. The summed E-state index contributed by atoms with van der Waals surface area (Å²) in [5.74, 6) is 0.493. The van der Waals surface area contributed by atoms with Crippen LogP contribution >= 0.6 is 11.3 Å². The molecule has 5 rings (SSSR count). The van der Waals surface area contributed by atoms with Gasteiger partial charge in [0.15, 0.2) is 0 Å². The number of carbonyl (C=O) groups is 2. The van der Waals surface area contributed by atoms with Gasteiger partial charge in [-0.1, -0.05) is 45.0 Å². The number of carbonyl (C=O) groups excluding carboxylic acids is 2. The second-order valence-electron chi connectivity index (χ2n) is 11.5. The van der Waals surface area contributed by atoms with Crippen LogP contribution in [0.3, 0.4) is 0 Å². The molecule has 3 aliphatic rings. The van der Waals surface area contributed by atoms with E-state index >= 15 is 0 Å². The van der Waals surface area contributed by atoms with Gasteiger partial charge in [0.1, 0.15) is 12.1 Å². The van der Waals surface area contributed by atoms with Crippen LogP contribution in [0.4, 0.5) is 0 Å². The Labute approximate surface area is 223 Å². The van der Waals surface area contributed by atoms with Crippen molar-refractivity contribution in [1.29, 1.82) is 0 Å². The number of hydrogen-bond donors (Lipinski definition) is 2. The monoisotopic (exact) mass is 522 g/mol. The number of rotatable bonds is 7. The number of allylic oxidation sites excluding steroid dienone is 1. The number of hydrogen-bond acceptors (Lipinski definition) is 7. The minimum Gasteiger partial charge on any atom is -0.350 e. The first-order valence-corrected chi connectivity index (χ1v) is 14.1. The Bertz CT molecular complexity index is 1180. The summed E-state index contributed by atoms with van der Waals surface area (Å²) in [4.78, 5) is 34.6. The number of hydrazine groups is 2.